The lowest BCUT2D eigenvalue weighted by Crippen LogP contribution is -2.28. The number of benzene rings is 2. The van der Waals surface area contributed by atoms with Gasteiger partial charge in [0.25, 0.3) is 0 Å². The van der Waals surface area contributed by atoms with Crippen LogP contribution >= 0.6 is 23.2 Å². The molecule has 5 nitrogen and oxygen atoms in total. The highest BCUT2D eigenvalue weighted by Crippen LogP contribution is 2.42. The van der Waals surface area contributed by atoms with Crippen LogP contribution in [-0.4, -0.2) is 21.4 Å². The third-order valence-corrected chi connectivity index (χ3v) is 5.11. The van der Waals surface area contributed by atoms with Gasteiger partial charge >= 0.3 is 0 Å². The predicted molar refractivity (Wildman–Crippen MR) is 103 cm³/mol. The van der Waals surface area contributed by atoms with E-state index in [4.69, 9.17) is 27.9 Å². The summed E-state index contributed by atoms with van der Waals surface area (Å²) in [5.74, 6) is 1.58. The zero-order valence-electron chi connectivity index (χ0n) is 14.2. The van der Waals surface area contributed by atoms with E-state index in [-0.39, 0.29) is 12.1 Å². The van der Waals surface area contributed by atoms with Gasteiger partial charge < -0.3 is 10.1 Å². The molecule has 3 aromatic rings. The number of hydrogen-bond donors (Lipinski definition) is 1. The SMILES string of the molecule is CCOc1ccccc1[C@@H]1C[C@@H](c2ccc(Cl)cc2Cl)Nc2ncnn21. The van der Waals surface area contributed by atoms with E-state index in [0.717, 1.165) is 23.3 Å². The topological polar surface area (TPSA) is 52.0 Å². The largest absolute Gasteiger partial charge is 0.494 e. The number of ether oxygens (including phenoxy) is 1. The lowest BCUT2D eigenvalue weighted by atomic mass is 9.93. The second-order valence-corrected chi connectivity index (χ2v) is 6.96. The van der Waals surface area contributed by atoms with Crippen LogP contribution in [0.2, 0.25) is 10.0 Å². The fourth-order valence-corrected chi connectivity index (χ4v) is 3.95. The normalized spacial score (nSPS) is 18.9. The Morgan fingerprint density at radius 3 is 2.85 bits per heavy atom. The van der Waals surface area contributed by atoms with E-state index in [1.54, 1.807) is 12.4 Å². The first-order valence-corrected chi connectivity index (χ1v) is 9.25. The molecule has 0 radical (unpaired) electrons. The molecule has 0 amide bonds. The molecule has 1 aliphatic rings. The van der Waals surface area contributed by atoms with E-state index in [2.05, 4.69) is 21.5 Å². The van der Waals surface area contributed by atoms with E-state index >= 15 is 0 Å². The van der Waals surface area contributed by atoms with Crippen LogP contribution in [-0.2, 0) is 0 Å². The highest BCUT2D eigenvalue weighted by atomic mass is 35.5. The smallest absolute Gasteiger partial charge is 0.222 e. The number of nitrogens with one attached hydrogen (secondary N) is 1. The van der Waals surface area contributed by atoms with Crippen molar-refractivity contribution in [2.75, 3.05) is 11.9 Å². The molecular formula is C19H18Cl2N4O. The van der Waals surface area contributed by atoms with Crippen molar-refractivity contribution in [1.29, 1.82) is 0 Å². The number of halogens is 2. The first-order chi connectivity index (χ1) is 12.7. The average molecular weight is 389 g/mol. The van der Waals surface area contributed by atoms with Crippen LogP contribution in [0.1, 0.15) is 36.6 Å². The minimum Gasteiger partial charge on any atom is -0.494 e. The van der Waals surface area contributed by atoms with Crippen molar-refractivity contribution >= 4 is 29.2 Å². The molecule has 7 heteroatoms. The summed E-state index contributed by atoms with van der Waals surface area (Å²) in [6, 6.07) is 13.6. The summed E-state index contributed by atoms with van der Waals surface area (Å²) in [5, 5.41) is 9.10. The van der Waals surface area contributed by atoms with Crippen molar-refractivity contribution in [2.24, 2.45) is 0 Å². The van der Waals surface area contributed by atoms with Crippen LogP contribution in [0.25, 0.3) is 0 Å². The summed E-state index contributed by atoms with van der Waals surface area (Å²) >= 11 is 12.5. The predicted octanol–water partition coefficient (Wildman–Crippen LogP) is 5.13. The molecule has 0 unspecified atom stereocenters. The minimum absolute atomic E-state index is 0.00357. The van der Waals surface area contributed by atoms with Crippen molar-refractivity contribution in [3.05, 3.63) is 70.0 Å². The number of anilines is 1. The summed E-state index contributed by atoms with van der Waals surface area (Å²) in [7, 11) is 0. The van der Waals surface area contributed by atoms with E-state index in [0.29, 0.717) is 22.6 Å². The van der Waals surface area contributed by atoms with Gasteiger partial charge in [0, 0.05) is 15.6 Å². The van der Waals surface area contributed by atoms with Crippen molar-refractivity contribution in [1.82, 2.24) is 14.8 Å². The third kappa shape index (κ3) is 3.13. The summed E-state index contributed by atoms with van der Waals surface area (Å²) in [6.45, 7) is 2.59. The first-order valence-electron chi connectivity index (χ1n) is 8.50. The number of hydrogen-bond acceptors (Lipinski definition) is 4. The molecule has 0 saturated heterocycles. The Hall–Kier alpha value is -2.24. The van der Waals surface area contributed by atoms with Gasteiger partial charge in [0.1, 0.15) is 12.1 Å². The Bertz CT molecular complexity index is 927. The first kappa shape index (κ1) is 17.2. The molecular weight excluding hydrogens is 371 g/mol. The fraction of sp³-hybridized carbons (Fsp3) is 0.263. The molecule has 26 heavy (non-hydrogen) atoms. The van der Waals surface area contributed by atoms with Crippen molar-refractivity contribution in [3.8, 4) is 5.75 Å². The molecule has 2 aromatic carbocycles. The van der Waals surface area contributed by atoms with Crippen LogP contribution in [0.4, 0.5) is 5.95 Å². The van der Waals surface area contributed by atoms with Gasteiger partial charge in [0.15, 0.2) is 0 Å². The molecule has 0 spiro atoms. The molecule has 134 valence electrons. The van der Waals surface area contributed by atoms with Crippen LogP contribution in [0.5, 0.6) is 5.75 Å². The Morgan fingerprint density at radius 1 is 1.19 bits per heavy atom. The summed E-state index contributed by atoms with van der Waals surface area (Å²) in [4.78, 5) is 4.36. The number of aromatic nitrogens is 3. The van der Waals surface area contributed by atoms with E-state index < -0.39 is 0 Å². The van der Waals surface area contributed by atoms with Gasteiger partial charge in [-0.3, -0.25) is 0 Å². The maximum Gasteiger partial charge on any atom is 0.222 e. The molecule has 0 bridgehead atoms. The van der Waals surface area contributed by atoms with Gasteiger partial charge in [-0.15, -0.1) is 0 Å². The molecule has 4 rings (SSSR count). The molecule has 0 fully saturated rings. The highest BCUT2D eigenvalue weighted by molar-refractivity contribution is 6.35. The van der Waals surface area contributed by atoms with Gasteiger partial charge in [0.2, 0.25) is 5.95 Å². The molecule has 1 aliphatic heterocycles. The van der Waals surface area contributed by atoms with Crippen LogP contribution in [0.15, 0.2) is 48.8 Å². The van der Waals surface area contributed by atoms with E-state index in [1.165, 1.54) is 0 Å². The summed E-state index contributed by atoms with van der Waals surface area (Å²) in [5.41, 5.74) is 2.07. The van der Waals surface area contributed by atoms with E-state index in [9.17, 15) is 0 Å². The van der Waals surface area contributed by atoms with E-state index in [1.807, 2.05) is 41.9 Å². The maximum atomic E-state index is 6.45. The second-order valence-electron chi connectivity index (χ2n) is 6.11. The second kappa shape index (κ2) is 7.17. The quantitative estimate of drug-likeness (QED) is 0.672. The van der Waals surface area contributed by atoms with Crippen LogP contribution in [0, 0.1) is 0 Å². The van der Waals surface area contributed by atoms with Gasteiger partial charge in [-0.05, 0) is 37.1 Å². The molecule has 0 aliphatic carbocycles. The van der Waals surface area contributed by atoms with Gasteiger partial charge in [-0.25, -0.2) is 4.68 Å². The third-order valence-electron chi connectivity index (χ3n) is 4.55. The van der Waals surface area contributed by atoms with Crippen molar-refractivity contribution < 1.29 is 4.74 Å². The Morgan fingerprint density at radius 2 is 2.04 bits per heavy atom. The molecule has 2 atom stereocenters. The molecule has 1 N–H and O–H groups in total. The maximum absolute atomic E-state index is 6.45. The minimum atomic E-state index is -0.00625. The number of fused-ring (bicyclic) bond motifs is 1. The Balaban J connectivity index is 1.76. The summed E-state index contributed by atoms with van der Waals surface area (Å²) in [6.07, 6.45) is 2.33. The van der Waals surface area contributed by atoms with Crippen molar-refractivity contribution in [3.63, 3.8) is 0 Å². The van der Waals surface area contributed by atoms with Crippen molar-refractivity contribution in [2.45, 2.75) is 25.4 Å². The molecule has 0 saturated carbocycles. The lowest BCUT2D eigenvalue weighted by Gasteiger charge is -2.32. The number of rotatable bonds is 4. The standard InChI is InChI=1S/C19H18Cl2N4O/c1-2-26-18-6-4-3-5-14(18)17-10-16(24-19-22-11-23-25(17)19)13-8-7-12(20)9-15(13)21/h3-9,11,16-17H,2,10H2,1H3,(H,22,23,24)/t16-,17-/m0/s1. The van der Waals surface area contributed by atoms with Crippen LogP contribution in [0.3, 0.4) is 0 Å². The zero-order chi connectivity index (χ0) is 18.1. The number of nitrogens with zero attached hydrogens (tertiary/aromatic N) is 3. The number of para-hydroxylation sites is 1. The monoisotopic (exact) mass is 388 g/mol. The summed E-state index contributed by atoms with van der Waals surface area (Å²) < 4.78 is 7.74. The zero-order valence-corrected chi connectivity index (χ0v) is 15.7. The van der Waals surface area contributed by atoms with Crippen LogP contribution < -0.4 is 10.1 Å². The fourth-order valence-electron chi connectivity index (χ4n) is 3.41. The lowest BCUT2D eigenvalue weighted by molar-refractivity contribution is 0.325. The van der Waals surface area contributed by atoms with Gasteiger partial charge in [0.05, 0.1) is 18.7 Å². The Labute approximate surface area is 161 Å². The van der Waals surface area contributed by atoms with Gasteiger partial charge in [-0.1, -0.05) is 47.5 Å². The average Bonchev–Trinajstić information content (AvgIpc) is 3.10. The van der Waals surface area contributed by atoms with Gasteiger partial charge in [-0.2, -0.15) is 10.1 Å². The Kier molecular flexibility index (Phi) is 4.74. The molecule has 2 heterocycles. The highest BCUT2D eigenvalue weighted by Gasteiger charge is 2.32. The molecule has 1 aromatic heterocycles.